The Labute approximate surface area is 106 Å². The summed E-state index contributed by atoms with van der Waals surface area (Å²) in [6.45, 7) is 8.71. The highest BCUT2D eigenvalue weighted by Gasteiger charge is 2.19. The Bertz CT molecular complexity index is 204. The molecule has 1 atom stereocenters. The molecule has 1 heterocycles. The van der Waals surface area contributed by atoms with Gasteiger partial charge < -0.3 is 10.1 Å². The normalized spacial score (nSPS) is 27.7. The van der Waals surface area contributed by atoms with Gasteiger partial charge in [0, 0.05) is 19.6 Å². The van der Waals surface area contributed by atoms with Crippen molar-refractivity contribution in [2.75, 3.05) is 39.3 Å². The largest absolute Gasteiger partial charge is 0.374 e. The molecule has 0 amide bonds. The molecule has 3 nitrogen and oxygen atoms in total. The molecule has 0 radical (unpaired) electrons. The molecule has 0 bridgehead atoms. The van der Waals surface area contributed by atoms with Crippen LogP contribution in [0.2, 0.25) is 0 Å². The molecule has 2 rings (SSSR count). The lowest BCUT2D eigenvalue weighted by atomic mass is 10.0. The molecule has 100 valence electrons. The van der Waals surface area contributed by atoms with Crippen LogP contribution in [0.1, 0.15) is 39.0 Å². The molecule has 0 spiro atoms. The summed E-state index contributed by atoms with van der Waals surface area (Å²) in [6, 6.07) is 0. The van der Waals surface area contributed by atoms with Crippen LogP contribution in [0.25, 0.3) is 0 Å². The zero-order valence-corrected chi connectivity index (χ0v) is 11.3. The summed E-state index contributed by atoms with van der Waals surface area (Å²) in [7, 11) is 0. The maximum atomic E-state index is 5.78. The van der Waals surface area contributed by atoms with Gasteiger partial charge in [-0.15, -0.1) is 0 Å². The fraction of sp³-hybridized carbons (Fsp3) is 1.00. The van der Waals surface area contributed by atoms with Gasteiger partial charge in [0.25, 0.3) is 0 Å². The van der Waals surface area contributed by atoms with Crippen molar-refractivity contribution in [3.8, 4) is 0 Å². The summed E-state index contributed by atoms with van der Waals surface area (Å²) in [6.07, 6.45) is 7.62. The molecule has 1 unspecified atom stereocenters. The predicted octanol–water partition coefficient (Wildman–Crippen LogP) is 1.88. The van der Waals surface area contributed by atoms with Crippen molar-refractivity contribution in [3.05, 3.63) is 0 Å². The van der Waals surface area contributed by atoms with E-state index in [1.807, 2.05) is 0 Å². The first kappa shape index (κ1) is 13.3. The summed E-state index contributed by atoms with van der Waals surface area (Å²) in [4.78, 5) is 2.48. The van der Waals surface area contributed by atoms with Gasteiger partial charge in [0.2, 0.25) is 0 Å². The van der Waals surface area contributed by atoms with Crippen molar-refractivity contribution in [1.82, 2.24) is 10.2 Å². The zero-order chi connectivity index (χ0) is 11.9. The first-order valence-corrected chi connectivity index (χ1v) is 7.43. The van der Waals surface area contributed by atoms with Gasteiger partial charge in [-0.2, -0.15) is 0 Å². The van der Waals surface area contributed by atoms with Crippen LogP contribution >= 0.6 is 0 Å². The van der Waals surface area contributed by atoms with Crippen LogP contribution in [0.15, 0.2) is 0 Å². The quantitative estimate of drug-likeness (QED) is 0.717. The van der Waals surface area contributed by atoms with Crippen molar-refractivity contribution >= 4 is 0 Å². The third-order valence-corrected chi connectivity index (χ3v) is 4.25. The number of morpholine rings is 1. The van der Waals surface area contributed by atoms with Gasteiger partial charge in [0.05, 0.1) is 12.7 Å². The van der Waals surface area contributed by atoms with Gasteiger partial charge in [-0.3, -0.25) is 4.90 Å². The zero-order valence-electron chi connectivity index (χ0n) is 11.3. The number of hydrogen-bond acceptors (Lipinski definition) is 3. The highest BCUT2D eigenvalue weighted by Crippen LogP contribution is 2.26. The summed E-state index contributed by atoms with van der Waals surface area (Å²) in [5.74, 6) is 1.00. The van der Waals surface area contributed by atoms with Crippen LogP contribution in [0.4, 0.5) is 0 Å². The van der Waals surface area contributed by atoms with Crippen LogP contribution in [-0.2, 0) is 4.74 Å². The van der Waals surface area contributed by atoms with E-state index < -0.39 is 0 Å². The minimum absolute atomic E-state index is 0.410. The van der Waals surface area contributed by atoms with E-state index in [0.29, 0.717) is 6.10 Å². The van der Waals surface area contributed by atoms with Gasteiger partial charge in [-0.1, -0.05) is 32.6 Å². The lowest BCUT2D eigenvalue weighted by Gasteiger charge is -2.32. The Balaban J connectivity index is 1.52. The molecule has 1 saturated heterocycles. The highest BCUT2D eigenvalue weighted by molar-refractivity contribution is 4.73. The lowest BCUT2D eigenvalue weighted by molar-refractivity contribution is -0.0252. The molecule has 3 heteroatoms. The van der Waals surface area contributed by atoms with Crippen LogP contribution in [0, 0.1) is 5.92 Å². The molecule has 0 aromatic heterocycles. The second-order valence-corrected chi connectivity index (χ2v) is 5.53. The molecule has 1 aliphatic heterocycles. The number of hydrogen-bond donors (Lipinski definition) is 1. The molecule has 17 heavy (non-hydrogen) atoms. The fourth-order valence-corrected chi connectivity index (χ4v) is 3.06. The van der Waals surface area contributed by atoms with Gasteiger partial charge >= 0.3 is 0 Å². The number of ether oxygens (including phenoxy) is 1. The van der Waals surface area contributed by atoms with Crippen LogP contribution in [-0.4, -0.2) is 50.3 Å². The molecule has 1 saturated carbocycles. The van der Waals surface area contributed by atoms with Crippen LogP contribution < -0.4 is 5.32 Å². The van der Waals surface area contributed by atoms with Crippen LogP contribution in [0.5, 0.6) is 0 Å². The van der Waals surface area contributed by atoms with Gasteiger partial charge in [-0.05, 0) is 25.4 Å². The Kier molecular flexibility index (Phi) is 5.75. The Morgan fingerprint density at radius 3 is 2.88 bits per heavy atom. The molecule has 1 N–H and O–H groups in total. The highest BCUT2D eigenvalue weighted by atomic mass is 16.5. The van der Waals surface area contributed by atoms with Crippen molar-refractivity contribution in [2.24, 2.45) is 5.92 Å². The number of nitrogens with zero attached hydrogens (tertiary/aromatic N) is 1. The number of nitrogens with one attached hydrogen (secondary N) is 1. The SMILES string of the molecule is CCN1CCOC(CNCCC2CCCC2)C1. The van der Waals surface area contributed by atoms with Crippen molar-refractivity contribution in [3.63, 3.8) is 0 Å². The maximum absolute atomic E-state index is 5.78. The van der Waals surface area contributed by atoms with Crippen molar-refractivity contribution < 1.29 is 4.74 Å². The lowest BCUT2D eigenvalue weighted by Crippen LogP contribution is -2.46. The second-order valence-electron chi connectivity index (χ2n) is 5.53. The molecule has 0 aromatic rings. The third-order valence-electron chi connectivity index (χ3n) is 4.25. The summed E-state index contributed by atoms with van der Waals surface area (Å²) in [5, 5.41) is 3.57. The summed E-state index contributed by atoms with van der Waals surface area (Å²) in [5.41, 5.74) is 0. The van der Waals surface area contributed by atoms with E-state index in [4.69, 9.17) is 4.74 Å². The molecular formula is C14H28N2O. The molecule has 2 aliphatic rings. The monoisotopic (exact) mass is 240 g/mol. The van der Waals surface area contributed by atoms with E-state index in [0.717, 1.165) is 38.7 Å². The van der Waals surface area contributed by atoms with Crippen LogP contribution in [0.3, 0.4) is 0 Å². The number of likely N-dealkylation sites (N-methyl/N-ethyl adjacent to an activating group) is 1. The van der Waals surface area contributed by atoms with E-state index >= 15 is 0 Å². The minimum Gasteiger partial charge on any atom is -0.374 e. The minimum atomic E-state index is 0.410. The van der Waals surface area contributed by atoms with E-state index in [-0.39, 0.29) is 0 Å². The van der Waals surface area contributed by atoms with Gasteiger partial charge in [-0.25, -0.2) is 0 Å². The summed E-state index contributed by atoms with van der Waals surface area (Å²) >= 11 is 0. The smallest absolute Gasteiger partial charge is 0.0826 e. The molecule has 1 aliphatic carbocycles. The molecule has 0 aromatic carbocycles. The van der Waals surface area contributed by atoms with Crippen molar-refractivity contribution in [1.29, 1.82) is 0 Å². The molecular weight excluding hydrogens is 212 g/mol. The van der Waals surface area contributed by atoms with Crippen molar-refractivity contribution in [2.45, 2.75) is 45.1 Å². The standard InChI is InChI=1S/C14H28N2O/c1-2-16-9-10-17-14(12-16)11-15-8-7-13-5-3-4-6-13/h13-15H,2-12H2,1H3. The maximum Gasteiger partial charge on any atom is 0.0826 e. The topological polar surface area (TPSA) is 24.5 Å². The Morgan fingerprint density at radius 2 is 2.12 bits per heavy atom. The fourth-order valence-electron chi connectivity index (χ4n) is 3.06. The third kappa shape index (κ3) is 4.57. The van der Waals surface area contributed by atoms with E-state index in [2.05, 4.69) is 17.1 Å². The first-order chi connectivity index (χ1) is 8.38. The Morgan fingerprint density at radius 1 is 1.29 bits per heavy atom. The van der Waals surface area contributed by atoms with E-state index in [9.17, 15) is 0 Å². The Hall–Kier alpha value is -0.120. The average Bonchev–Trinajstić information content (AvgIpc) is 2.88. The molecule has 2 fully saturated rings. The first-order valence-electron chi connectivity index (χ1n) is 7.43. The summed E-state index contributed by atoms with van der Waals surface area (Å²) < 4.78 is 5.78. The second kappa shape index (κ2) is 7.34. The van der Waals surface area contributed by atoms with E-state index in [1.165, 1.54) is 38.6 Å². The van der Waals surface area contributed by atoms with Gasteiger partial charge in [0.1, 0.15) is 0 Å². The number of rotatable bonds is 6. The predicted molar refractivity (Wildman–Crippen MR) is 71.3 cm³/mol. The average molecular weight is 240 g/mol. The van der Waals surface area contributed by atoms with E-state index in [1.54, 1.807) is 0 Å². The van der Waals surface area contributed by atoms with Gasteiger partial charge in [0.15, 0.2) is 0 Å².